The third-order valence-corrected chi connectivity index (χ3v) is 5.19. The quantitative estimate of drug-likeness (QED) is 0.851. The molecule has 3 rings (SSSR count). The fourth-order valence-electron chi connectivity index (χ4n) is 3.12. The standard InChI is InChI=1S/C15H19N3S/c16-12-15(18-9-3-7-17-8-10-18)6-11-19-14-5-2-1-4-13(14)15/h1-2,4-5,17H,3,6-11H2. The van der Waals surface area contributed by atoms with Crippen molar-refractivity contribution in [1.82, 2.24) is 10.2 Å². The summed E-state index contributed by atoms with van der Waals surface area (Å²) in [7, 11) is 0. The number of hydrogen-bond donors (Lipinski definition) is 1. The van der Waals surface area contributed by atoms with E-state index in [2.05, 4.69) is 40.6 Å². The first-order chi connectivity index (χ1) is 9.37. The molecule has 0 bridgehead atoms. The van der Waals surface area contributed by atoms with E-state index in [1.807, 2.05) is 11.8 Å². The topological polar surface area (TPSA) is 39.1 Å². The van der Waals surface area contributed by atoms with Gasteiger partial charge in [-0.3, -0.25) is 4.90 Å². The molecule has 0 spiro atoms. The van der Waals surface area contributed by atoms with E-state index in [1.165, 1.54) is 10.5 Å². The summed E-state index contributed by atoms with van der Waals surface area (Å²) < 4.78 is 0. The Morgan fingerprint density at radius 3 is 3.05 bits per heavy atom. The van der Waals surface area contributed by atoms with Crippen molar-refractivity contribution in [3.63, 3.8) is 0 Å². The van der Waals surface area contributed by atoms with E-state index in [0.717, 1.165) is 44.8 Å². The summed E-state index contributed by atoms with van der Waals surface area (Å²) in [5.74, 6) is 1.04. The van der Waals surface area contributed by atoms with Gasteiger partial charge in [0.25, 0.3) is 0 Å². The summed E-state index contributed by atoms with van der Waals surface area (Å²) in [6.45, 7) is 4.03. The van der Waals surface area contributed by atoms with Crippen molar-refractivity contribution in [3.8, 4) is 6.07 Å². The number of thioether (sulfide) groups is 1. The minimum atomic E-state index is -0.409. The van der Waals surface area contributed by atoms with Crippen molar-refractivity contribution >= 4 is 11.8 Å². The van der Waals surface area contributed by atoms with Gasteiger partial charge in [0.05, 0.1) is 6.07 Å². The molecule has 1 aromatic carbocycles. The predicted molar refractivity (Wildman–Crippen MR) is 78.1 cm³/mol. The molecule has 0 radical (unpaired) electrons. The van der Waals surface area contributed by atoms with Crippen LogP contribution >= 0.6 is 11.8 Å². The summed E-state index contributed by atoms with van der Waals surface area (Å²) in [4.78, 5) is 3.68. The van der Waals surface area contributed by atoms with Gasteiger partial charge in [-0.05, 0) is 25.5 Å². The molecular formula is C15H19N3S. The highest BCUT2D eigenvalue weighted by Crippen LogP contribution is 2.43. The zero-order valence-electron chi connectivity index (χ0n) is 11.1. The third-order valence-electron chi connectivity index (χ3n) is 4.12. The number of hydrogen-bond acceptors (Lipinski definition) is 4. The van der Waals surface area contributed by atoms with E-state index in [9.17, 15) is 5.26 Å². The third kappa shape index (κ3) is 2.27. The van der Waals surface area contributed by atoms with Crippen LogP contribution in [0, 0.1) is 11.3 Å². The van der Waals surface area contributed by atoms with Gasteiger partial charge in [-0.1, -0.05) is 18.2 Å². The van der Waals surface area contributed by atoms with Gasteiger partial charge in [-0.2, -0.15) is 5.26 Å². The fourth-order valence-corrected chi connectivity index (χ4v) is 4.30. The summed E-state index contributed by atoms with van der Waals surface area (Å²) in [5.41, 5.74) is 0.809. The number of nitriles is 1. The molecule has 1 N–H and O–H groups in total. The molecule has 1 fully saturated rings. The predicted octanol–water partition coefficient (Wildman–Crippen LogP) is 2.20. The Balaban J connectivity index is 2.02. The smallest absolute Gasteiger partial charge is 0.136 e. The van der Waals surface area contributed by atoms with Crippen LogP contribution < -0.4 is 5.32 Å². The number of rotatable bonds is 1. The lowest BCUT2D eigenvalue weighted by molar-refractivity contribution is 0.138. The van der Waals surface area contributed by atoms with Gasteiger partial charge < -0.3 is 5.32 Å². The van der Waals surface area contributed by atoms with E-state index >= 15 is 0 Å². The average molecular weight is 273 g/mol. The van der Waals surface area contributed by atoms with Crippen molar-refractivity contribution in [2.75, 3.05) is 31.9 Å². The van der Waals surface area contributed by atoms with Crippen LogP contribution in [0.25, 0.3) is 0 Å². The Bertz CT molecular complexity index is 488. The molecule has 100 valence electrons. The molecular weight excluding hydrogens is 254 g/mol. The Kier molecular flexibility index (Phi) is 3.79. The first-order valence-corrected chi connectivity index (χ1v) is 7.95. The number of nitrogens with zero attached hydrogens (tertiary/aromatic N) is 2. The maximum absolute atomic E-state index is 9.91. The second kappa shape index (κ2) is 5.54. The van der Waals surface area contributed by atoms with Crippen molar-refractivity contribution in [3.05, 3.63) is 29.8 Å². The zero-order valence-corrected chi connectivity index (χ0v) is 11.9. The first-order valence-electron chi connectivity index (χ1n) is 6.96. The highest BCUT2D eigenvalue weighted by Gasteiger charge is 2.42. The molecule has 2 heterocycles. The molecule has 3 nitrogen and oxygen atoms in total. The van der Waals surface area contributed by atoms with E-state index in [1.54, 1.807) is 0 Å². The van der Waals surface area contributed by atoms with Gasteiger partial charge >= 0.3 is 0 Å². The Morgan fingerprint density at radius 1 is 1.26 bits per heavy atom. The van der Waals surface area contributed by atoms with Crippen molar-refractivity contribution < 1.29 is 0 Å². The van der Waals surface area contributed by atoms with Crippen molar-refractivity contribution in [1.29, 1.82) is 5.26 Å². The van der Waals surface area contributed by atoms with E-state index in [4.69, 9.17) is 0 Å². The lowest BCUT2D eigenvalue weighted by Gasteiger charge is -2.41. The highest BCUT2D eigenvalue weighted by atomic mass is 32.2. The molecule has 0 aromatic heterocycles. The molecule has 1 saturated heterocycles. The Labute approximate surface area is 119 Å². The number of nitrogens with one attached hydrogen (secondary N) is 1. The highest BCUT2D eigenvalue weighted by molar-refractivity contribution is 7.99. The summed E-state index contributed by atoms with van der Waals surface area (Å²) in [5, 5.41) is 13.3. The van der Waals surface area contributed by atoms with Gasteiger partial charge in [0, 0.05) is 35.8 Å². The molecule has 1 aromatic rings. The van der Waals surface area contributed by atoms with Gasteiger partial charge in [-0.15, -0.1) is 11.8 Å². The monoisotopic (exact) mass is 273 g/mol. The van der Waals surface area contributed by atoms with Crippen LogP contribution in [0.3, 0.4) is 0 Å². The summed E-state index contributed by atoms with van der Waals surface area (Å²) in [6.07, 6.45) is 2.06. The first kappa shape index (κ1) is 13.0. The van der Waals surface area contributed by atoms with Crippen LogP contribution in [-0.2, 0) is 5.54 Å². The number of fused-ring (bicyclic) bond motifs is 1. The van der Waals surface area contributed by atoms with Crippen molar-refractivity contribution in [2.45, 2.75) is 23.3 Å². The van der Waals surface area contributed by atoms with E-state index < -0.39 is 5.54 Å². The normalized spacial score (nSPS) is 28.2. The molecule has 2 aliphatic heterocycles. The maximum atomic E-state index is 9.91. The molecule has 1 unspecified atom stereocenters. The minimum absolute atomic E-state index is 0.409. The lowest BCUT2D eigenvalue weighted by Crippen LogP contribution is -2.48. The Hall–Kier alpha value is -1.02. The molecule has 2 aliphatic rings. The van der Waals surface area contributed by atoms with E-state index in [0.29, 0.717) is 0 Å². The van der Waals surface area contributed by atoms with E-state index in [-0.39, 0.29) is 0 Å². The van der Waals surface area contributed by atoms with Crippen LogP contribution in [0.4, 0.5) is 0 Å². The maximum Gasteiger partial charge on any atom is 0.136 e. The molecule has 0 amide bonds. The average Bonchev–Trinajstić information content (AvgIpc) is 2.76. The summed E-state index contributed by atoms with van der Waals surface area (Å²) in [6, 6.07) is 11.1. The molecule has 4 heteroatoms. The van der Waals surface area contributed by atoms with Gasteiger partial charge in [0.1, 0.15) is 5.54 Å². The van der Waals surface area contributed by atoms with Crippen LogP contribution in [-0.4, -0.2) is 36.8 Å². The second-order valence-corrected chi connectivity index (χ2v) is 6.29. The second-order valence-electron chi connectivity index (χ2n) is 5.16. The van der Waals surface area contributed by atoms with Gasteiger partial charge in [0.2, 0.25) is 0 Å². The molecule has 19 heavy (non-hydrogen) atoms. The van der Waals surface area contributed by atoms with Crippen LogP contribution in [0.2, 0.25) is 0 Å². The molecule has 1 atom stereocenters. The largest absolute Gasteiger partial charge is 0.315 e. The Morgan fingerprint density at radius 2 is 2.16 bits per heavy atom. The summed E-state index contributed by atoms with van der Waals surface area (Å²) >= 11 is 1.88. The zero-order chi connectivity index (χ0) is 13.1. The van der Waals surface area contributed by atoms with Crippen molar-refractivity contribution in [2.24, 2.45) is 0 Å². The minimum Gasteiger partial charge on any atom is -0.315 e. The fraction of sp³-hybridized carbons (Fsp3) is 0.533. The van der Waals surface area contributed by atoms with Crippen LogP contribution in [0.1, 0.15) is 18.4 Å². The number of benzene rings is 1. The SMILES string of the molecule is N#CC1(N2CCCNCC2)CCSc2ccccc21. The van der Waals surface area contributed by atoms with Gasteiger partial charge in [-0.25, -0.2) is 0 Å². The van der Waals surface area contributed by atoms with Crippen LogP contribution in [0.15, 0.2) is 29.2 Å². The molecule has 0 aliphatic carbocycles. The molecule has 0 saturated carbocycles. The lowest BCUT2D eigenvalue weighted by atomic mass is 9.86. The van der Waals surface area contributed by atoms with Crippen LogP contribution in [0.5, 0.6) is 0 Å². The van der Waals surface area contributed by atoms with Gasteiger partial charge in [0.15, 0.2) is 0 Å².